The van der Waals surface area contributed by atoms with Gasteiger partial charge in [-0.25, -0.2) is 0 Å². The lowest BCUT2D eigenvalue weighted by molar-refractivity contribution is -0.149. The van der Waals surface area contributed by atoms with E-state index in [1.807, 2.05) is 31.2 Å². The maximum atomic E-state index is 12.1. The number of carbonyl (C=O) groups excluding carboxylic acids is 2. The van der Waals surface area contributed by atoms with Crippen LogP contribution < -0.4 is 5.32 Å². The van der Waals surface area contributed by atoms with E-state index in [-0.39, 0.29) is 17.8 Å². The van der Waals surface area contributed by atoms with Crippen LogP contribution in [-0.4, -0.2) is 50.1 Å². The molecule has 1 aliphatic rings. The van der Waals surface area contributed by atoms with Crippen molar-refractivity contribution in [2.45, 2.75) is 32.9 Å². The van der Waals surface area contributed by atoms with Gasteiger partial charge in [-0.05, 0) is 44.0 Å². The second-order valence-electron chi connectivity index (χ2n) is 6.33. The standard InChI is InChI=1S/C19H28N2O4/c1-3-25-19(23)17-8-10-21(11-9-17)13-18(22)20-12-15-4-6-16(7-5-15)14-24-2/h4-7,17H,3,8-14H2,1-2H3,(H,20,22). The van der Waals surface area contributed by atoms with Gasteiger partial charge in [-0.3, -0.25) is 14.5 Å². The zero-order chi connectivity index (χ0) is 18.1. The molecule has 1 fully saturated rings. The summed E-state index contributed by atoms with van der Waals surface area (Å²) in [5, 5.41) is 2.95. The second kappa shape index (κ2) is 10.2. The van der Waals surface area contributed by atoms with Crippen molar-refractivity contribution in [3.8, 4) is 0 Å². The van der Waals surface area contributed by atoms with Crippen molar-refractivity contribution in [2.75, 3.05) is 33.4 Å². The summed E-state index contributed by atoms with van der Waals surface area (Å²) in [7, 11) is 1.67. The van der Waals surface area contributed by atoms with Gasteiger partial charge in [-0.15, -0.1) is 0 Å². The Bertz CT molecular complexity index is 551. The Morgan fingerprint density at radius 1 is 1.16 bits per heavy atom. The molecule has 138 valence electrons. The summed E-state index contributed by atoms with van der Waals surface area (Å²) in [5.74, 6) is -0.121. The molecule has 0 saturated carbocycles. The number of ether oxygens (including phenoxy) is 2. The van der Waals surface area contributed by atoms with E-state index in [1.54, 1.807) is 7.11 Å². The fraction of sp³-hybridized carbons (Fsp3) is 0.579. The zero-order valence-electron chi connectivity index (χ0n) is 15.1. The lowest BCUT2D eigenvalue weighted by atomic mass is 9.97. The Kier molecular flexibility index (Phi) is 7.88. The maximum Gasteiger partial charge on any atom is 0.309 e. The SMILES string of the molecule is CCOC(=O)C1CCN(CC(=O)NCc2ccc(COC)cc2)CC1. The molecular formula is C19H28N2O4. The van der Waals surface area contributed by atoms with Crippen LogP contribution >= 0.6 is 0 Å². The van der Waals surface area contributed by atoms with E-state index in [2.05, 4.69) is 10.2 Å². The van der Waals surface area contributed by atoms with E-state index in [0.29, 0.717) is 26.3 Å². The van der Waals surface area contributed by atoms with Crippen molar-refractivity contribution in [2.24, 2.45) is 5.92 Å². The Balaban J connectivity index is 1.68. The molecule has 25 heavy (non-hydrogen) atoms. The van der Waals surface area contributed by atoms with E-state index in [0.717, 1.165) is 37.1 Å². The van der Waals surface area contributed by atoms with Crippen LogP contribution in [0, 0.1) is 5.92 Å². The summed E-state index contributed by atoms with van der Waals surface area (Å²) in [5.41, 5.74) is 2.18. The average Bonchev–Trinajstić information content (AvgIpc) is 2.62. The first-order chi connectivity index (χ1) is 12.1. The molecule has 1 saturated heterocycles. The molecular weight excluding hydrogens is 320 g/mol. The van der Waals surface area contributed by atoms with E-state index in [1.165, 1.54) is 0 Å². The van der Waals surface area contributed by atoms with Crippen LogP contribution in [0.1, 0.15) is 30.9 Å². The molecule has 0 bridgehead atoms. The minimum absolute atomic E-state index is 0.00977. The molecule has 0 radical (unpaired) electrons. The molecule has 0 atom stereocenters. The molecule has 1 N–H and O–H groups in total. The second-order valence-corrected chi connectivity index (χ2v) is 6.33. The number of piperidine rings is 1. The number of benzene rings is 1. The van der Waals surface area contributed by atoms with Crippen molar-refractivity contribution < 1.29 is 19.1 Å². The summed E-state index contributed by atoms with van der Waals surface area (Å²) in [6.45, 7) is 5.23. The van der Waals surface area contributed by atoms with Crippen LogP contribution in [-0.2, 0) is 32.2 Å². The summed E-state index contributed by atoms with van der Waals surface area (Å²) in [6.07, 6.45) is 1.51. The quantitative estimate of drug-likeness (QED) is 0.725. The first kappa shape index (κ1) is 19.4. The van der Waals surface area contributed by atoms with Gasteiger partial charge >= 0.3 is 5.97 Å². The summed E-state index contributed by atoms with van der Waals surface area (Å²) < 4.78 is 10.1. The minimum atomic E-state index is -0.108. The highest BCUT2D eigenvalue weighted by molar-refractivity contribution is 5.78. The molecule has 1 aromatic carbocycles. The molecule has 2 rings (SSSR count). The van der Waals surface area contributed by atoms with Gasteiger partial charge in [0, 0.05) is 13.7 Å². The third-order valence-electron chi connectivity index (χ3n) is 4.40. The monoisotopic (exact) mass is 348 g/mol. The molecule has 1 amide bonds. The fourth-order valence-electron chi connectivity index (χ4n) is 2.97. The number of likely N-dealkylation sites (tertiary alicyclic amines) is 1. The first-order valence-electron chi connectivity index (χ1n) is 8.84. The van der Waals surface area contributed by atoms with Gasteiger partial charge in [0.05, 0.1) is 25.7 Å². The van der Waals surface area contributed by atoms with E-state index < -0.39 is 0 Å². The number of hydrogen-bond donors (Lipinski definition) is 1. The van der Waals surface area contributed by atoms with Crippen molar-refractivity contribution in [1.82, 2.24) is 10.2 Å². The van der Waals surface area contributed by atoms with Crippen molar-refractivity contribution >= 4 is 11.9 Å². The highest BCUT2D eigenvalue weighted by atomic mass is 16.5. The molecule has 0 aliphatic carbocycles. The summed E-state index contributed by atoms with van der Waals surface area (Å²) >= 11 is 0. The lowest BCUT2D eigenvalue weighted by Gasteiger charge is -2.30. The summed E-state index contributed by atoms with van der Waals surface area (Å²) in [6, 6.07) is 8.01. The molecule has 1 aromatic rings. The van der Waals surface area contributed by atoms with Crippen molar-refractivity contribution in [1.29, 1.82) is 0 Å². The van der Waals surface area contributed by atoms with Gasteiger partial charge in [0.1, 0.15) is 0 Å². The number of methoxy groups -OCH3 is 1. The number of hydrogen-bond acceptors (Lipinski definition) is 5. The van der Waals surface area contributed by atoms with Gasteiger partial charge in [0.15, 0.2) is 0 Å². The topological polar surface area (TPSA) is 67.9 Å². The van der Waals surface area contributed by atoms with E-state index in [9.17, 15) is 9.59 Å². The third kappa shape index (κ3) is 6.48. The smallest absolute Gasteiger partial charge is 0.309 e. The van der Waals surface area contributed by atoms with Crippen LogP contribution in [0.2, 0.25) is 0 Å². The minimum Gasteiger partial charge on any atom is -0.466 e. The van der Waals surface area contributed by atoms with Gasteiger partial charge in [0.2, 0.25) is 5.91 Å². The van der Waals surface area contributed by atoms with E-state index >= 15 is 0 Å². The number of nitrogens with one attached hydrogen (secondary N) is 1. The number of carbonyl (C=O) groups is 2. The van der Waals surface area contributed by atoms with Crippen LogP contribution in [0.3, 0.4) is 0 Å². The molecule has 1 heterocycles. The first-order valence-corrected chi connectivity index (χ1v) is 8.84. The van der Waals surface area contributed by atoms with Crippen LogP contribution in [0.5, 0.6) is 0 Å². The molecule has 0 spiro atoms. The molecule has 6 nitrogen and oxygen atoms in total. The van der Waals surface area contributed by atoms with Crippen LogP contribution in [0.15, 0.2) is 24.3 Å². The predicted molar refractivity (Wildman–Crippen MR) is 94.8 cm³/mol. The number of nitrogens with zero attached hydrogens (tertiary/aromatic N) is 1. The maximum absolute atomic E-state index is 12.1. The fourth-order valence-corrected chi connectivity index (χ4v) is 2.97. The summed E-state index contributed by atoms with van der Waals surface area (Å²) in [4.78, 5) is 25.9. The number of rotatable bonds is 8. The predicted octanol–water partition coefficient (Wildman–Crippen LogP) is 1.72. The van der Waals surface area contributed by atoms with Gasteiger partial charge in [-0.1, -0.05) is 24.3 Å². The van der Waals surface area contributed by atoms with Crippen LogP contribution in [0.25, 0.3) is 0 Å². The van der Waals surface area contributed by atoms with Gasteiger partial charge < -0.3 is 14.8 Å². The van der Waals surface area contributed by atoms with Gasteiger partial charge in [-0.2, -0.15) is 0 Å². The lowest BCUT2D eigenvalue weighted by Crippen LogP contribution is -2.42. The Morgan fingerprint density at radius 2 is 1.80 bits per heavy atom. The van der Waals surface area contributed by atoms with E-state index in [4.69, 9.17) is 9.47 Å². The largest absolute Gasteiger partial charge is 0.466 e. The normalized spacial score (nSPS) is 15.8. The van der Waals surface area contributed by atoms with Gasteiger partial charge in [0.25, 0.3) is 0 Å². The average molecular weight is 348 g/mol. The Labute approximate surface area is 149 Å². The number of amides is 1. The zero-order valence-corrected chi connectivity index (χ0v) is 15.1. The van der Waals surface area contributed by atoms with Crippen molar-refractivity contribution in [3.63, 3.8) is 0 Å². The highest BCUT2D eigenvalue weighted by Crippen LogP contribution is 2.18. The molecule has 0 aromatic heterocycles. The van der Waals surface area contributed by atoms with Crippen LogP contribution in [0.4, 0.5) is 0 Å². The van der Waals surface area contributed by atoms with Crippen molar-refractivity contribution in [3.05, 3.63) is 35.4 Å². The third-order valence-corrected chi connectivity index (χ3v) is 4.40. The molecule has 6 heteroatoms. The number of esters is 1. The Morgan fingerprint density at radius 3 is 2.40 bits per heavy atom. The molecule has 0 unspecified atom stereocenters. The molecule has 1 aliphatic heterocycles. The Hall–Kier alpha value is -1.92. The highest BCUT2D eigenvalue weighted by Gasteiger charge is 2.26.